The van der Waals surface area contributed by atoms with Crippen LogP contribution in [0.3, 0.4) is 0 Å². The summed E-state index contributed by atoms with van der Waals surface area (Å²) < 4.78 is 11.1. The lowest BCUT2D eigenvalue weighted by Gasteiger charge is -2.48. The number of halogens is 2. The van der Waals surface area contributed by atoms with Crippen LogP contribution in [0.25, 0.3) is 0 Å². The minimum Gasteiger partial charge on any atom is -0.496 e. The standard InChI is InChI=1S/C19H30N2O3.2ClH/c1-14-16(23-2)6-5-15(18(14)24-3)11-21-10-4-8-19(13-21)12-20-9-7-17(19)22;;/h5-6,17,20,22H,4,7-13H2,1-3H3;2*1H/t17-,19-;;/m0../s1. The van der Waals surface area contributed by atoms with E-state index in [0.29, 0.717) is 0 Å². The summed E-state index contributed by atoms with van der Waals surface area (Å²) in [5.74, 6) is 1.77. The maximum Gasteiger partial charge on any atom is 0.129 e. The number of nitrogens with zero attached hydrogens (tertiary/aromatic N) is 1. The topological polar surface area (TPSA) is 54.0 Å². The van der Waals surface area contributed by atoms with Gasteiger partial charge in [-0.1, -0.05) is 6.07 Å². The Hall–Kier alpha value is -0.720. The summed E-state index contributed by atoms with van der Waals surface area (Å²) in [7, 11) is 3.41. The number of aliphatic hydroxyl groups is 1. The summed E-state index contributed by atoms with van der Waals surface area (Å²) in [4.78, 5) is 2.46. The van der Waals surface area contributed by atoms with Crippen LogP contribution in [0.15, 0.2) is 12.1 Å². The lowest BCUT2D eigenvalue weighted by atomic mass is 9.72. The fourth-order valence-electron chi connectivity index (χ4n) is 4.41. The summed E-state index contributed by atoms with van der Waals surface area (Å²) in [6.45, 7) is 6.74. The number of nitrogens with one attached hydrogen (secondary N) is 1. The minimum absolute atomic E-state index is 0. The molecule has 2 aliphatic rings. The van der Waals surface area contributed by atoms with Crippen LogP contribution >= 0.6 is 24.8 Å². The zero-order valence-corrected chi connectivity index (χ0v) is 17.5. The molecule has 0 radical (unpaired) electrons. The lowest BCUT2D eigenvalue weighted by molar-refractivity contribution is -0.0515. The molecule has 0 aliphatic carbocycles. The van der Waals surface area contributed by atoms with E-state index < -0.39 is 0 Å². The Balaban J connectivity index is 0.00000169. The van der Waals surface area contributed by atoms with Crippen LogP contribution in [0.4, 0.5) is 0 Å². The average Bonchev–Trinajstić information content (AvgIpc) is 2.58. The van der Waals surface area contributed by atoms with E-state index in [9.17, 15) is 5.11 Å². The molecule has 2 heterocycles. The van der Waals surface area contributed by atoms with Crippen LogP contribution in [0.2, 0.25) is 0 Å². The van der Waals surface area contributed by atoms with E-state index in [2.05, 4.69) is 16.3 Å². The number of rotatable bonds is 4. The van der Waals surface area contributed by atoms with Gasteiger partial charge in [-0.05, 0) is 45.3 Å². The Morgan fingerprint density at radius 3 is 2.69 bits per heavy atom. The van der Waals surface area contributed by atoms with Gasteiger partial charge in [0.1, 0.15) is 11.5 Å². The molecule has 26 heavy (non-hydrogen) atoms. The van der Waals surface area contributed by atoms with Crippen molar-refractivity contribution < 1.29 is 14.6 Å². The van der Waals surface area contributed by atoms with Crippen molar-refractivity contribution in [2.24, 2.45) is 5.41 Å². The van der Waals surface area contributed by atoms with Crippen molar-refractivity contribution >= 4 is 24.8 Å². The van der Waals surface area contributed by atoms with E-state index in [1.807, 2.05) is 13.0 Å². The van der Waals surface area contributed by atoms with Gasteiger partial charge < -0.3 is 19.9 Å². The summed E-state index contributed by atoms with van der Waals surface area (Å²) in [5, 5.41) is 14.1. The first-order chi connectivity index (χ1) is 11.6. The predicted molar refractivity (Wildman–Crippen MR) is 109 cm³/mol. The van der Waals surface area contributed by atoms with Crippen molar-refractivity contribution in [3.63, 3.8) is 0 Å². The first-order valence-corrected chi connectivity index (χ1v) is 8.91. The minimum atomic E-state index is -0.193. The van der Waals surface area contributed by atoms with Gasteiger partial charge in [0.15, 0.2) is 0 Å². The molecule has 0 aromatic heterocycles. The third-order valence-corrected chi connectivity index (χ3v) is 5.72. The SMILES string of the molecule is COc1ccc(CN2CCC[C@]3(CNCC[C@@H]3O)C2)c(OC)c1C.Cl.Cl. The second-order valence-corrected chi connectivity index (χ2v) is 7.24. The fourth-order valence-corrected chi connectivity index (χ4v) is 4.41. The van der Waals surface area contributed by atoms with Gasteiger partial charge in [-0.15, -0.1) is 24.8 Å². The Labute approximate surface area is 169 Å². The monoisotopic (exact) mass is 406 g/mol. The molecule has 150 valence electrons. The van der Waals surface area contributed by atoms with E-state index in [0.717, 1.165) is 69.0 Å². The van der Waals surface area contributed by atoms with Crippen molar-refractivity contribution in [3.8, 4) is 11.5 Å². The molecule has 7 heteroatoms. The Morgan fingerprint density at radius 1 is 1.27 bits per heavy atom. The van der Waals surface area contributed by atoms with Gasteiger partial charge in [0.05, 0.1) is 20.3 Å². The van der Waals surface area contributed by atoms with Gasteiger partial charge in [-0.3, -0.25) is 4.90 Å². The van der Waals surface area contributed by atoms with Crippen molar-refractivity contribution in [1.82, 2.24) is 10.2 Å². The van der Waals surface area contributed by atoms with Gasteiger partial charge >= 0.3 is 0 Å². The average molecular weight is 407 g/mol. The predicted octanol–water partition coefficient (Wildman–Crippen LogP) is 2.79. The molecular formula is C19H32Cl2N2O3. The van der Waals surface area contributed by atoms with Crippen LogP contribution in [0.1, 0.15) is 30.4 Å². The molecule has 0 unspecified atom stereocenters. The molecule has 1 aromatic rings. The fraction of sp³-hybridized carbons (Fsp3) is 0.684. The van der Waals surface area contributed by atoms with Gasteiger partial charge in [-0.2, -0.15) is 0 Å². The van der Waals surface area contributed by atoms with Crippen LogP contribution in [-0.2, 0) is 6.54 Å². The number of piperidine rings is 2. The maximum absolute atomic E-state index is 10.6. The Bertz CT molecular complexity index is 584. The van der Waals surface area contributed by atoms with Gasteiger partial charge in [-0.25, -0.2) is 0 Å². The van der Waals surface area contributed by atoms with E-state index in [-0.39, 0.29) is 36.3 Å². The normalized spacial score (nSPS) is 25.9. The van der Waals surface area contributed by atoms with Crippen LogP contribution in [0, 0.1) is 12.3 Å². The Morgan fingerprint density at radius 2 is 2.04 bits per heavy atom. The highest BCUT2D eigenvalue weighted by Crippen LogP contribution is 2.38. The van der Waals surface area contributed by atoms with Crippen molar-refractivity contribution in [1.29, 1.82) is 0 Å². The number of aliphatic hydroxyl groups excluding tert-OH is 1. The third-order valence-electron chi connectivity index (χ3n) is 5.72. The van der Waals surface area contributed by atoms with Gasteiger partial charge in [0.25, 0.3) is 0 Å². The summed E-state index contributed by atoms with van der Waals surface area (Å²) in [6, 6.07) is 4.12. The molecule has 2 fully saturated rings. The first kappa shape index (κ1) is 23.3. The van der Waals surface area contributed by atoms with Gasteiger partial charge in [0, 0.05) is 36.2 Å². The summed E-state index contributed by atoms with van der Waals surface area (Å²) in [6.07, 6.45) is 2.91. The van der Waals surface area contributed by atoms with Crippen LogP contribution < -0.4 is 14.8 Å². The van der Waals surface area contributed by atoms with E-state index >= 15 is 0 Å². The molecule has 5 nitrogen and oxygen atoms in total. The zero-order valence-electron chi connectivity index (χ0n) is 15.9. The number of hydrogen-bond acceptors (Lipinski definition) is 5. The molecule has 2 atom stereocenters. The summed E-state index contributed by atoms with van der Waals surface area (Å²) >= 11 is 0. The third kappa shape index (κ3) is 4.57. The van der Waals surface area contributed by atoms with Crippen LogP contribution in [0.5, 0.6) is 11.5 Å². The second kappa shape index (κ2) is 10.00. The molecule has 2 N–H and O–H groups in total. The molecule has 0 amide bonds. The van der Waals surface area contributed by atoms with Crippen LogP contribution in [-0.4, -0.2) is 56.5 Å². The largest absolute Gasteiger partial charge is 0.496 e. The quantitative estimate of drug-likeness (QED) is 0.804. The number of likely N-dealkylation sites (tertiary alicyclic amines) is 1. The highest BCUT2D eigenvalue weighted by molar-refractivity contribution is 5.85. The molecule has 1 aromatic carbocycles. The molecule has 2 aliphatic heterocycles. The van der Waals surface area contributed by atoms with Crippen molar-refractivity contribution in [2.75, 3.05) is 40.4 Å². The molecule has 0 bridgehead atoms. The molecule has 2 saturated heterocycles. The first-order valence-electron chi connectivity index (χ1n) is 8.91. The van der Waals surface area contributed by atoms with Gasteiger partial charge in [0.2, 0.25) is 0 Å². The number of ether oxygens (including phenoxy) is 2. The second-order valence-electron chi connectivity index (χ2n) is 7.24. The van der Waals surface area contributed by atoms with E-state index in [1.165, 1.54) is 5.56 Å². The molecule has 0 saturated carbocycles. The van der Waals surface area contributed by atoms with Crippen molar-refractivity contribution in [2.45, 2.75) is 38.8 Å². The maximum atomic E-state index is 10.6. The molecule has 1 spiro atoms. The Kier molecular flexibility index (Phi) is 8.97. The van der Waals surface area contributed by atoms with Crippen molar-refractivity contribution in [3.05, 3.63) is 23.3 Å². The number of methoxy groups -OCH3 is 2. The lowest BCUT2D eigenvalue weighted by Crippen LogP contribution is -2.57. The zero-order chi connectivity index (χ0) is 17.2. The molecular weight excluding hydrogens is 375 g/mol. The molecule has 3 rings (SSSR count). The smallest absolute Gasteiger partial charge is 0.129 e. The number of benzene rings is 1. The van der Waals surface area contributed by atoms with E-state index in [4.69, 9.17) is 9.47 Å². The number of hydrogen-bond donors (Lipinski definition) is 2. The van der Waals surface area contributed by atoms with E-state index in [1.54, 1.807) is 14.2 Å². The summed E-state index contributed by atoms with van der Waals surface area (Å²) in [5.41, 5.74) is 2.24. The highest BCUT2D eigenvalue weighted by Gasteiger charge is 2.43. The highest BCUT2D eigenvalue weighted by atomic mass is 35.5.